The fourth-order valence-electron chi connectivity index (χ4n) is 2.08. The molecule has 0 radical (unpaired) electrons. The molecule has 2 nitrogen and oxygen atoms in total. The molecule has 0 aliphatic rings. The van der Waals surface area contributed by atoms with Gasteiger partial charge in [0.15, 0.2) is 0 Å². The van der Waals surface area contributed by atoms with Crippen LogP contribution in [-0.4, -0.2) is 4.98 Å². The zero-order valence-corrected chi connectivity index (χ0v) is 10.8. The highest BCUT2D eigenvalue weighted by Crippen LogP contribution is 2.16. The van der Waals surface area contributed by atoms with Crippen LogP contribution in [0.4, 0.5) is 0 Å². The Balaban J connectivity index is 2.02. The van der Waals surface area contributed by atoms with E-state index in [1.54, 1.807) is 0 Å². The summed E-state index contributed by atoms with van der Waals surface area (Å²) in [6.45, 7) is 2.20. The molecule has 1 atom stereocenters. The summed E-state index contributed by atoms with van der Waals surface area (Å²) in [7, 11) is 0. The number of hydrogen-bond donors (Lipinski definition) is 1. The molecule has 2 rings (SSSR count). The molecule has 0 aliphatic heterocycles. The molecular weight excluding hydrogens is 220 g/mol. The van der Waals surface area contributed by atoms with Gasteiger partial charge < -0.3 is 5.73 Å². The SMILES string of the molecule is CCCc1ccc(C(N)Cc2ccccn2)cc1. The Hall–Kier alpha value is -1.67. The molecule has 0 bridgehead atoms. The van der Waals surface area contributed by atoms with Gasteiger partial charge in [-0.3, -0.25) is 4.98 Å². The number of pyridine rings is 1. The molecule has 1 aromatic carbocycles. The lowest BCUT2D eigenvalue weighted by atomic mass is 10.00. The molecule has 0 saturated carbocycles. The van der Waals surface area contributed by atoms with Crippen LogP contribution in [0.3, 0.4) is 0 Å². The van der Waals surface area contributed by atoms with Gasteiger partial charge in [-0.05, 0) is 29.7 Å². The quantitative estimate of drug-likeness (QED) is 0.871. The van der Waals surface area contributed by atoms with E-state index in [1.807, 2.05) is 24.4 Å². The Morgan fingerprint density at radius 1 is 1.11 bits per heavy atom. The van der Waals surface area contributed by atoms with Crippen molar-refractivity contribution in [2.45, 2.75) is 32.2 Å². The van der Waals surface area contributed by atoms with Crippen LogP contribution < -0.4 is 5.73 Å². The van der Waals surface area contributed by atoms with Crippen molar-refractivity contribution >= 4 is 0 Å². The minimum absolute atomic E-state index is 0.0237. The smallest absolute Gasteiger partial charge is 0.0422 e. The Labute approximate surface area is 109 Å². The van der Waals surface area contributed by atoms with Crippen LogP contribution >= 0.6 is 0 Å². The first-order valence-corrected chi connectivity index (χ1v) is 6.54. The highest BCUT2D eigenvalue weighted by molar-refractivity contribution is 5.26. The lowest BCUT2D eigenvalue weighted by molar-refractivity contribution is 0.706. The van der Waals surface area contributed by atoms with Crippen molar-refractivity contribution < 1.29 is 0 Å². The number of hydrogen-bond acceptors (Lipinski definition) is 2. The van der Waals surface area contributed by atoms with Crippen molar-refractivity contribution in [3.63, 3.8) is 0 Å². The van der Waals surface area contributed by atoms with Gasteiger partial charge in [-0.1, -0.05) is 43.7 Å². The predicted octanol–water partition coefficient (Wildman–Crippen LogP) is 3.28. The van der Waals surface area contributed by atoms with Crippen molar-refractivity contribution in [2.24, 2.45) is 5.73 Å². The summed E-state index contributed by atoms with van der Waals surface area (Å²) in [5.74, 6) is 0. The van der Waals surface area contributed by atoms with Gasteiger partial charge in [-0.2, -0.15) is 0 Å². The molecule has 0 spiro atoms. The van der Waals surface area contributed by atoms with E-state index in [0.29, 0.717) is 0 Å². The van der Waals surface area contributed by atoms with Crippen LogP contribution in [0.1, 0.15) is 36.2 Å². The van der Waals surface area contributed by atoms with Gasteiger partial charge >= 0.3 is 0 Å². The number of nitrogens with zero attached hydrogens (tertiary/aromatic N) is 1. The summed E-state index contributed by atoms with van der Waals surface area (Å²) < 4.78 is 0. The minimum atomic E-state index is 0.0237. The molecular formula is C16H20N2. The first kappa shape index (κ1) is 12.8. The van der Waals surface area contributed by atoms with Crippen molar-refractivity contribution in [1.82, 2.24) is 4.98 Å². The van der Waals surface area contributed by atoms with Crippen LogP contribution in [0, 0.1) is 0 Å². The Kier molecular flexibility index (Phi) is 4.48. The first-order valence-electron chi connectivity index (χ1n) is 6.54. The van der Waals surface area contributed by atoms with E-state index < -0.39 is 0 Å². The van der Waals surface area contributed by atoms with Gasteiger partial charge in [-0.25, -0.2) is 0 Å². The van der Waals surface area contributed by atoms with Crippen molar-refractivity contribution in [3.05, 3.63) is 65.5 Å². The van der Waals surface area contributed by atoms with Gasteiger partial charge in [-0.15, -0.1) is 0 Å². The average molecular weight is 240 g/mol. The van der Waals surface area contributed by atoms with Crippen molar-refractivity contribution in [2.75, 3.05) is 0 Å². The largest absolute Gasteiger partial charge is 0.324 e. The number of aryl methyl sites for hydroxylation is 1. The second-order valence-electron chi connectivity index (χ2n) is 4.62. The van der Waals surface area contributed by atoms with Crippen LogP contribution in [-0.2, 0) is 12.8 Å². The predicted molar refractivity (Wildman–Crippen MR) is 75.3 cm³/mol. The van der Waals surface area contributed by atoms with E-state index in [1.165, 1.54) is 17.5 Å². The van der Waals surface area contributed by atoms with Crippen LogP contribution in [0.15, 0.2) is 48.7 Å². The molecule has 1 unspecified atom stereocenters. The second-order valence-corrected chi connectivity index (χ2v) is 4.62. The van der Waals surface area contributed by atoms with Crippen molar-refractivity contribution in [3.8, 4) is 0 Å². The van der Waals surface area contributed by atoms with Crippen LogP contribution in [0.25, 0.3) is 0 Å². The third-order valence-electron chi connectivity index (χ3n) is 3.10. The molecule has 0 fully saturated rings. The van der Waals surface area contributed by atoms with Gasteiger partial charge in [0.25, 0.3) is 0 Å². The zero-order chi connectivity index (χ0) is 12.8. The maximum Gasteiger partial charge on any atom is 0.0422 e. The molecule has 2 aromatic rings. The topological polar surface area (TPSA) is 38.9 Å². The summed E-state index contributed by atoms with van der Waals surface area (Å²) in [5, 5.41) is 0. The number of nitrogens with two attached hydrogens (primary N) is 1. The molecule has 94 valence electrons. The monoisotopic (exact) mass is 240 g/mol. The molecule has 1 heterocycles. The fraction of sp³-hybridized carbons (Fsp3) is 0.312. The molecule has 2 N–H and O–H groups in total. The molecule has 0 saturated heterocycles. The summed E-state index contributed by atoms with van der Waals surface area (Å²) >= 11 is 0. The molecule has 18 heavy (non-hydrogen) atoms. The summed E-state index contributed by atoms with van der Waals surface area (Å²) in [5.41, 5.74) is 9.82. The van der Waals surface area contributed by atoms with Crippen molar-refractivity contribution in [1.29, 1.82) is 0 Å². The Morgan fingerprint density at radius 3 is 2.50 bits per heavy atom. The molecule has 0 amide bonds. The summed E-state index contributed by atoms with van der Waals surface area (Å²) in [6, 6.07) is 14.6. The maximum atomic E-state index is 6.21. The lowest BCUT2D eigenvalue weighted by Crippen LogP contribution is -2.14. The van der Waals surface area contributed by atoms with Gasteiger partial charge in [0.2, 0.25) is 0 Å². The third-order valence-corrected chi connectivity index (χ3v) is 3.10. The average Bonchev–Trinajstić information content (AvgIpc) is 2.41. The summed E-state index contributed by atoms with van der Waals surface area (Å²) in [4.78, 5) is 4.31. The van der Waals surface area contributed by atoms with Gasteiger partial charge in [0.1, 0.15) is 0 Å². The zero-order valence-electron chi connectivity index (χ0n) is 10.8. The van der Waals surface area contributed by atoms with Gasteiger partial charge in [0, 0.05) is 24.4 Å². The fourth-order valence-corrected chi connectivity index (χ4v) is 2.08. The Morgan fingerprint density at radius 2 is 1.89 bits per heavy atom. The molecule has 0 aliphatic carbocycles. The Bertz CT molecular complexity index is 462. The second kappa shape index (κ2) is 6.31. The van der Waals surface area contributed by atoms with E-state index in [4.69, 9.17) is 5.73 Å². The molecule has 2 heteroatoms. The van der Waals surface area contributed by atoms with E-state index in [9.17, 15) is 0 Å². The van der Waals surface area contributed by atoms with Crippen LogP contribution in [0.5, 0.6) is 0 Å². The minimum Gasteiger partial charge on any atom is -0.324 e. The van der Waals surface area contributed by atoms with E-state index >= 15 is 0 Å². The van der Waals surface area contributed by atoms with E-state index in [0.717, 1.165) is 18.5 Å². The highest BCUT2D eigenvalue weighted by atomic mass is 14.7. The summed E-state index contributed by atoms with van der Waals surface area (Å²) in [6.07, 6.45) is 4.91. The third kappa shape index (κ3) is 3.41. The van der Waals surface area contributed by atoms with E-state index in [-0.39, 0.29) is 6.04 Å². The van der Waals surface area contributed by atoms with E-state index in [2.05, 4.69) is 36.2 Å². The number of benzene rings is 1. The first-order chi connectivity index (χ1) is 8.79. The molecule has 1 aromatic heterocycles. The van der Waals surface area contributed by atoms with Crippen LogP contribution in [0.2, 0.25) is 0 Å². The maximum absolute atomic E-state index is 6.21. The number of aromatic nitrogens is 1. The number of rotatable bonds is 5. The lowest BCUT2D eigenvalue weighted by Gasteiger charge is -2.12. The highest BCUT2D eigenvalue weighted by Gasteiger charge is 2.07. The normalized spacial score (nSPS) is 12.3. The van der Waals surface area contributed by atoms with Gasteiger partial charge in [0.05, 0.1) is 0 Å². The standard InChI is InChI=1S/C16H20N2/c1-2-5-13-7-9-14(10-8-13)16(17)12-15-6-3-4-11-18-15/h3-4,6-11,16H,2,5,12,17H2,1H3.